The van der Waals surface area contributed by atoms with Gasteiger partial charge in [0.25, 0.3) is 0 Å². The van der Waals surface area contributed by atoms with Gasteiger partial charge in [-0.05, 0) is 13.3 Å². The first-order valence-corrected chi connectivity index (χ1v) is 6.25. The van der Waals surface area contributed by atoms with E-state index in [1.165, 1.54) is 0 Å². The van der Waals surface area contributed by atoms with E-state index in [2.05, 4.69) is 6.92 Å². The summed E-state index contributed by atoms with van der Waals surface area (Å²) in [4.78, 5) is 0. The normalized spacial score (nSPS) is 29.2. The maximum atomic E-state index is 5.83. The van der Waals surface area contributed by atoms with E-state index in [9.17, 15) is 0 Å². The molecule has 1 aliphatic rings. The van der Waals surface area contributed by atoms with Crippen molar-refractivity contribution < 1.29 is 14.2 Å². The molecule has 0 N–H and O–H groups in total. The Morgan fingerprint density at radius 2 is 2.06 bits per heavy atom. The molecular weight excluding hydrogens is 216 g/mol. The van der Waals surface area contributed by atoms with Crippen LogP contribution in [0.1, 0.15) is 32.1 Å². The second-order valence-electron chi connectivity index (χ2n) is 4.33. The van der Waals surface area contributed by atoms with Gasteiger partial charge in [-0.3, -0.25) is 0 Å². The molecule has 0 saturated carbocycles. The second kappa shape index (κ2) is 6.15. The van der Waals surface area contributed by atoms with Gasteiger partial charge in [0.2, 0.25) is 0 Å². The second-order valence-corrected chi connectivity index (χ2v) is 4.33. The van der Waals surface area contributed by atoms with Crippen LogP contribution in [0.25, 0.3) is 0 Å². The monoisotopic (exact) mass is 236 g/mol. The van der Waals surface area contributed by atoms with Gasteiger partial charge in [-0.1, -0.05) is 37.3 Å². The van der Waals surface area contributed by atoms with E-state index in [0.29, 0.717) is 6.61 Å². The van der Waals surface area contributed by atoms with Crippen molar-refractivity contribution in [2.45, 2.75) is 38.8 Å². The highest BCUT2D eigenvalue weighted by molar-refractivity contribution is 5.16. The van der Waals surface area contributed by atoms with Crippen molar-refractivity contribution >= 4 is 0 Å². The summed E-state index contributed by atoms with van der Waals surface area (Å²) < 4.78 is 17.2. The minimum absolute atomic E-state index is 0.0508. The first-order chi connectivity index (χ1) is 8.31. The van der Waals surface area contributed by atoms with Gasteiger partial charge in [-0.2, -0.15) is 0 Å². The van der Waals surface area contributed by atoms with E-state index in [1.54, 1.807) is 0 Å². The molecule has 1 heterocycles. The lowest BCUT2D eigenvalue weighted by atomic mass is 10.1. The standard InChI is InChI=1S/C14H20O3/c1-3-9-15-13-10-16-14(17-11(13)2)12-7-5-4-6-8-12/h4-8,11,13-14H,3,9-10H2,1-2H3. The molecule has 94 valence electrons. The smallest absolute Gasteiger partial charge is 0.184 e. The maximum absolute atomic E-state index is 5.83. The van der Waals surface area contributed by atoms with E-state index in [0.717, 1.165) is 18.6 Å². The minimum Gasteiger partial charge on any atom is -0.373 e. The Balaban J connectivity index is 1.91. The third-order valence-electron chi connectivity index (χ3n) is 2.88. The number of rotatable bonds is 4. The fraction of sp³-hybridized carbons (Fsp3) is 0.571. The number of ether oxygens (including phenoxy) is 3. The van der Waals surface area contributed by atoms with Crippen LogP contribution in [0, 0.1) is 0 Å². The average Bonchev–Trinajstić information content (AvgIpc) is 2.38. The summed E-state index contributed by atoms with van der Waals surface area (Å²) in [5.74, 6) is 0. The fourth-order valence-electron chi connectivity index (χ4n) is 1.88. The first kappa shape index (κ1) is 12.6. The molecular formula is C14H20O3. The molecule has 3 nitrogen and oxygen atoms in total. The highest BCUT2D eigenvalue weighted by Crippen LogP contribution is 2.27. The van der Waals surface area contributed by atoms with Crippen LogP contribution in [-0.2, 0) is 14.2 Å². The molecule has 1 saturated heterocycles. The van der Waals surface area contributed by atoms with Crippen LogP contribution < -0.4 is 0 Å². The van der Waals surface area contributed by atoms with Crippen LogP contribution in [0.4, 0.5) is 0 Å². The summed E-state index contributed by atoms with van der Waals surface area (Å²) in [6, 6.07) is 10.0. The molecule has 0 bridgehead atoms. The molecule has 0 spiro atoms. The van der Waals surface area contributed by atoms with Crippen molar-refractivity contribution in [1.29, 1.82) is 0 Å². The van der Waals surface area contributed by atoms with Gasteiger partial charge in [0, 0.05) is 12.2 Å². The van der Waals surface area contributed by atoms with Gasteiger partial charge in [-0.15, -0.1) is 0 Å². The van der Waals surface area contributed by atoms with E-state index in [-0.39, 0.29) is 18.5 Å². The third kappa shape index (κ3) is 3.28. The van der Waals surface area contributed by atoms with E-state index in [4.69, 9.17) is 14.2 Å². The minimum atomic E-state index is -0.257. The summed E-state index contributed by atoms with van der Waals surface area (Å²) in [6.45, 7) is 5.50. The molecule has 0 radical (unpaired) electrons. The van der Waals surface area contributed by atoms with Crippen LogP contribution >= 0.6 is 0 Å². The Hall–Kier alpha value is -0.900. The molecule has 1 aliphatic heterocycles. The lowest BCUT2D eigenvalue weighted by Crippen LogP contribution is -2.40. The zero-order chi connectivity index (χ0) is 12.1. The summed E-state index contributed by atoms with van der Waals surface area (Å²) >= 11 is 0. The number of hydrogen-bond acceptors (Lipinski definition) is 3. The topological polar surface area (TPSA) is 27.7 Å². The third-order valence-corrected chi connectivity index (χ3v) is 2.88. The zero-order valence-electron chi connectivity index (χ0n) is 10.5. The van der Waals surface area contributed by atoms with Crippen LogP contribution in [-0.4, -0.2) is 25.4 Å². The van der Waals surface area contributed by atoms with Gasteiger partial charge in [0.15, 0.2) is 6.29 Å². The molecule has 1 fully saturated rings. The largest absolute Gasteiger partial charge is 0.373 e. The summed E-state index contributed by atoms with van der Waals surface area (Å²) in [7, 11) is 0. The average molecular weight is 236 g/mol. The predicted octanol–water partition coefficient (Wildman–Crippen LogP) is 2.92. The maximum Gasteiger partial charge on any atom is 0.184 e. The molecule has 3 atom stereocenters. The SMILES string of the molecule is CCCOC1COC(c2ccccc2)OC1C. The van der Waals surface area contributed by atoms with Crippen LogP contribution in [0.15, 0.2) is 30.3 Å². The predicted molar refractivity (Wildman–Crippen MR) is 65.7 cm³/mol. The molecule has 3 heteroatoms. The zero-order valence-corrected chi connectivity index (χ0v) is 10.5. The fourth-order valence-corrected chi connectivity index (χ4v) is 1.88. The van der Waals surface area contributed by atoms with Crippen molar-refractivity contribution in [2.75, 3.05) is 13.2 Å². The lowest BCUT2D eigenvalue weighted by Gasteiger charge is -2.34. The summed E-state index contributed by atoms with van der Waals surface area (Å²) in [5, 5.41) is 0. The molecule has 1 aromatic carbocycles. The molecule has 0 aromatic heterocycles. The van der Waals surface area contributed by atoms with Crippen molar-refractivity contribution in [3.8, 4) is 0 Å². The quantitative estimate of drug-likeness (QED) is 0.804. The Bertz CT molecular complexity index is 325. The Morgan fingerprint density at radius 3 is 2.71 bits per heavy atom. The van der Waals surface area contributed by atoms with E-state index >= 15 is 0 Å². The number of hydrogen-bond donors (Lipinski definition) is 0. The van der Waals surface area contributed by atoms with Gasteiger partial charge in [-0.25, -0.2) is 0 Å². The van der Waals surface area contributed by atoms with Gasteiger partial charge in [0.1, 0.15) is 6.10 Å². The molecule has 0 amide bonds. The van der Waals surface area contributed by atoms with Crippen molar-refractivity contribution in [1.82, 2.24) is 0 Å². The Morgan fingerprint density at radius 1 is 1.29 bits per heavy atom. The van der Waals surface area contributed by atoms with Gasteiger partial charge >= 0.3 is 0 Å². The van der Waals surface area contributed by atoms with Crippen LogP contribution in [0.3, 0.4) is 0 Å². The first-order valence-electron chi connectivity index (χ1n) is 6.25. The van der Waals surface area contributed by atoms with E-state index in [1.807, 2.05) is 37.3 Å². The van der Waals surface area contributed by atoms with Gasteiger partial charge in [0.05, 0.1) is 12.7 Å². The molecule has 17 heavy (non-hydrogen) atoms. The number of benzene rings is 1. The molecule has 1 aromatic rings. The lowest BCUT2D eigenvalue weighted by molar-refractivity contribution is -0.260. The van der Waals surface area contributed by atoms with Gasteiger partial charge < -0.3 is 14.2 Å². The van der Waals surface area contributed by atoms with Crippen molar-refractivity contribution in [2.24, 2.45) is 0 Å². The summed E-state index contributed by atoms with van der Waals surface area (Å²) in [6.07, 6.45) is 0.883. The molecule has 2 rings (SSSR count). The Labute approximate surface area is 103 Å². The Kier molecular flexibility index (Phi) is 4.54. The highest BCUT2D eigenvalue weighted by Gasteiger charge is 2.30. The van der Waals surface area contributed by atoms with E-state index < -0.39 is 0 Å². The highest BCUT2D eigenvalue weighted by atomic mass is 16.7. The van der Waals surface area contributed by atoms with Crippen molar-refractivity contribution in [3.05, 3.63) is 35.9 Å². The van der Waals surface area contributed by atoms with Crippen LogP contribution in [0.5, 0.6) is 0 Å². The van der Waals surface area contributed by atoms with Crippen LogP contribution in [0.2, 0.25) is 0 Å². The molecule has 0 aliphatic carbocycles. The summed E-state index contributed by atoms with van der Waals surface area (Å²) in [5.41, 5.74) is 1.06. The molecule has 3 unspecified atom stereocenters. The van der Waals surface area contributed by atoms with Crippen molar-refractivity contribution in [3.63, 3.8) is 0 Å².